The van der Waals surface area contributed by atoms with Gasteiger partial charge >= 0.3 is 0 Å². The molecule has 0 unspecified atom stereocenters. The summed E-state index contributed by atoms with van der Waals surface area (Å²) in [4.78, 5) is 0. The summed E-state index contributed by atoms with van der Waals surface area (Å²) in [7, 11) is 3.44. The summed E-state index contributed by atoms with van der Waals surface area (Å²) in [6.07, 6.45) is 0. The number of ether oxygens (including phenoxy) is 4. The predicted octanol–water partition coefficient (Wildman–Crippen LogP) is 12.8. The second-order valence-electron chi connectivity index (χ2n) is 18.0. The van der Waals surface area contributed by atoms with Gasteiger partial charge in [-0.1, -0.05) is 146 Å². The largest absolute Gasteiger partial charge is 0.383 e. The summed E-state index contributed by atoms with van der Waals surface area (Å²) in [6.45, 7) is 10.1. The van der Waals surface area contributed by atoms with Gasteiger partial charge in [0.2, 0.25) is 0 Å². The third-order valence-electron chi connectivity index (χ3n) is 13.2. The van der Waals surface area contributed by atoms with Crippen LogP contribution in [0.3, 0.4) is 0 Å². The smallest absolute Gasteiger partial charge is 0.0929 e. The third-order valence-corrected chi connectivity index (χ3v) is 13.2. The fourth-order valence-corrected chi connectivity index (χ4v) is 9.35. The minimum Gasteiger partial charge on any atom is -0.383 e. The molecule has 10 aromatic rings. The Morgan fingerprint density at radius 2 is 0.568 bits per heavy atom. The molecule has 74 heavy (non-hydrogen) atoms. The highest BCUT2D eigenvalue weighted by Crippen LogP contribution is 2.35. The number of nitrogens with zero attached hydrogens (tertiary/aromatic N) is 8. The highest BCUT2D eigenvalue weighted by Gasteiger charge is 2.19. The average Bonchev–Trinajstić information content (AvgIpc) is 4.29. The van der Waals surface area contributed by atoms with Gasteiger partial charge in [0.25, 0.3) is 0 Å². The van der Waals surface area contributed by atoms with Crippen molar-refractivity contribution in [2.45, 2.75) is 40.0 Å². The molecule has 12 nitrogen and oxygen atoms in total. The lowest BCUT2D eigenvalue weighted by molar-refractivity contribution is 0.136. The molecule has 0 bridgehead atoms. The van der Waals surface area contributed by atoms with Crippen LogP contribution in [-0.4, -0.2) is 93.0 Å². The van der Waals surface area contributed by atoms with Crippen LogP contribution in [0.4, 0.5) is 0 Å². The Hall–Kier alpha value is -8.00. The van der Waals surface area contributed by atoms with Gasteiger partial charge in [0, 0.05) is 71.9 Å². The van der Waals surface area contributed by atoms with Crippen LogP contribution in [0.5, 0.6) is 0 Å². The first-order valence-electron chi connectivity index (χ1n) is 25.5. The molecule has 6 aromatic carbocycles. The fraction of sp³-hybridized carbons (Fsp3) is 0.226. The van der Waals surface area contributed by atoms with Gasteiger partial charge in [-0.05, 0) is 61.4 Å². The van der Waals surface area contributed by atoms with E-state index in [4.69, 9.17) is 39.3 Å². The number of hydrogen-bond donors (Lipinski definition) is 0. The first kappa shape index (κ1) is 49.6. The van der Waals surface area contributed by atoms with Crippen molar-refractivity contribution in [1.82, 2.24) is 39.1 Å². The maximum atomic E-state index is 5.83. The lowest BCUT2D eigenvalue weighted by Gasteiger charge is -2.11. The average molecular weight is 983 g/mol. The minimum absolute atomic E-state index is 0.536. The van der Waals surface area contributed by atoms with Gasteiger partial charge in [-0.3, -0.25) is 18.7 Å². The minimum atomic E-state index is 0.536. The molecular formula is C62H62N8O4. The standard InChI is InChI=1S/C62H62N8O4/c1-5-73-37-33-69-61(42-56(64-69)48-17-11-8-12-18-48)53-21-14-22-54(40-53)62-44-58(66-70(62)34-38-74-6-2)50-29-25-46(26-30-50)45-23-27-49(28-24-45)57-43-60(68(65-57)32-36-72-4)52-20-13-19-51(39-52)59-41-55(47-15-9-7-10-16-47)63-67(59)31-35-71-3/h7-30,39-44H,5-6,31-38H2,1-4H3. The maximum absolute atomic E-state index is 5.83. The van der Waals surface area contributed by atoms with Crippen molar-refractivity contribution in [1.29, 1.82) is 0 Å². The molecule has 0 aliphatic rings. The molecule has 0 N–H and O–H groups in total. The van der Waals surface area contributed by atoms with E-state index in [1.54, 1.807) is 14.2 Å². The van der Waals surface area contributed by atoms with E-state index in [9.17, 15) is 0 Å². The van der Waals surface area contributed by atoms with Crippen LogP contribution in [0.2, 0.25) is 0 Å². The second kappa shape index (κ2) is 23.7. The molecule has 0 aliphatic carbocycles. The van der Waals surface area contributed by atoms with Gasteiger partial charge in [0.1, 0.15) is 0 Å². The molecule has 0 atom stereocenters. The molecular weight excluding hydrogens is 921 g/mol. The fourth-order valence-electron chi connectivity index (χ4n) is 9.35. The van der Waals surface area contributed by atoms with Crippen LogP contribution < -0.4 is 0 Å². The summed E-state index contributed by atoms with van der Waals surface area (Å²) in [5, 5.41) is 20.3. The Labute approximate surface area is 433 Å². The Kier molecular flexibility index (Phi) is 15.9. The van der Waals surface area contributed by atoms with Crippen molar-refractivity contribution in [2.75, 3.05) is 53.9 Å². The summed E-state index contributed by atoms with van der Waals surface area (Å²) >= 11 is 0. The SMILES string of the molecule is CCOCCn1nc(-c2ccccc2)cc1-c1cccc(-c2cc(-c3ccc(-c4ccc(-c5cc(-c6cccc(-c7cc(-c8ccccc8)nn7CCOC)c6)n(CCOC)n5)cc4)cc3)nn2CCOCC)c1. The molecule has 374 valence electrons. The van der Waals surface area contributed by atoms with Crippen molar-refractivity contribution >= 4 is 0 Å². The number of rotatable bonds is 23. The zero-order valence-electron chi connectivity index (χ0n) is 42.6. The van der Waals surface area contributed by atoms with E-state index in [2.05, 4.69) is 155 Å². The first-order valence-corrected chi connectivity index (χ1v) is 25.5. The van der Waals surface area contributed by atoms with E-state index in [0.29, 0.717) is 65.8 Å². The molecule has 4 heterocycles. The Balaban J connectivity index is 0.899. The van der Waals surface area contributed by atoms with Crippen LogP contribution in [0.25, 0.3) is 101 Å². The number of benzene rings is 6. The molecule has 0 radical (unpaired) electrons. The van der Waals surface area contributed by atoms with E-state index in [1.807, 2.05) is 59.6 Å². The maximum Gasteiger partial charge on any atom is 0.0929 e. The molecule has 0 saturated heterocycles. The van der Waals surface area contributed by atoms with Crippen molar-refractivity contribution in [3.63, 3.8) is 0 Å². The summed E-state index contributed by atoms with van der Waals surface area (Å²) in [5.74, 6) is 0. The van der Waals surface area contributed by atoms with E-state index in [0.717, 1.165) is 101 Å². The van der Waals surface area contributed by atoms with Crippen LogP contribution in [0, 0.1) is 0 Å². The van der Waals surface area contributed by atoms with Gasteiger partial charge in [0.15, 0.2) is 0 Å². The molecule has 0 spiro atoms. The van der Waals surface area contributed by atoms with Gasteiger partial charge in [-0.2, -0.15) is 20.4 Å². The van der Waals surface area contributed by atoms with Crippen LogP contribution >= 0.6 is 0 Å². The van der Waals surface area contributed by atoms with Gasteiger partial charge in [0.05, 0.1) is 98.2 Å². The lowest BCUT2D eigenvalue weighted by Crippen LogP contribution is -2.09. The quantitative estimate of drug-likeness (QED) is 0.0583. The predicted molar refractivity (Wildman–Crippen MR) is 295 cm³/mol. The Morgan fingerprint density at radius 3 is 0.865 bits per heavy atom. The molecule has 0 saturated carbocycles. The second-order valence-corrected chi connectivity index (χ2v) is 18.0. The van der Waals surface area contributed by atoms with Crippen molar-refractivity contribution in [2.24, 2.45) is 0 Å². The highest BCUT2D eigenvalue weighted by molar-refractivity contribution is 5.79. The van der Waals surface area contributed by atoms with Crippen molar-refractivity contribution in [3.05, 3.63) is 182 Å². The van der Waals surface area contributed by atoms with E-state index in [-0.39, 0.29) is 0 Å². The number of aromatic nitrogens is 8. The monoisotopic (exact) mass is 982 g/mol. The molecule has 0 aliphatic heterocycles. The summed E-state index contributed by atoms with van der Waals surface area (Å²) in [5.41, 5.74) is 18.5. The summed E-state index contributed by atoms with van der Waals surface area (Å²) < 4.78 is 30.8. The van der Waals surface area contributed by atoms with Gasteiger partial charge < -0.3 is 18.9 Å². The lowest BCUT2D eigenvalue weighted by atomic mass is 10.00. The normalized spacial score (nSPS) is 11.5. The molecule has 12 heteroatoms. The summed E-state index contributed by atoms with van der Waals surface area (Å²) in [6, 6.07) is 63.9. The Morgan fingerprint density at radius 1 is 0.297 bits per heavy atom. The van der Waals surface area contributed by atoms with Crippen molar-refractivity contribution < 1.29 is 18.9 Å². The first-order chi connectivity index (χ1) is 36.5. The molecule has 4 aromatic heterocycles. The van der Waals surface area contributed by atoms with E-state index < -0.39 is 0 Å². The van der Waals surface area contributed by atoms with Crippen molar-refractivity contribution in [3.8, 4) is 101 Å². The van der Waals surface area contributed by atoms with Crippen LogP contribution in [0.15, 0.2) is 182 Å². The zero-order valence-corrected chi connectivity index (χ0v) is 42.6. The number of hydrogen-bond acceptors (Lipinski definition) is 8. The van der Waals surface area contributed by atoms with Crippen LogP contribution in [-0.2, 0) is 45.1 Å². The van der Waals surface area contributed by atoms with Gasteiger partial charge in [-0.25, -0.2) is 0 Å². The third kappa shape index (κ3) is 11.3. The number of methoxy groups -OCH3 is 2. The molecule has 0 amide bonds. The highest BCUT2D eigenvalue weighted by atomic mass is 16.5. The molecule has 10 rings (SSSR count). The Bertz CT molecular complexity index is 3390. The van der Waals surface area contributed by atoms with Crippen LogP contribution in [0.1, 0.15) is 13.8 Å². The van der Waals surface area contributed by atoms with E-state index >= 15 is 0 Å². The zero-order chi connectivity index (χ0) is 50.6. The van der Waals surface area contributed by atoms with E-state index in [1.165, 1.54) is 0 Å². The topological polar surface area (TPSA) is 108 Å². The molecule has 0 fully saturated rings. The van der Waals surface area contributed by atoms with Gasteiger partial charge in [-0.15, -0.1) is 0 Å².